The number of aromatic nitrogens is 2. The maximum absolute atomic E-state index is 4.56. The fourth-order valence-corrected chi connectivity index (χ4v) is 2.46. The van der Waals surface area contributed by atoms with E-state index >= 15 is 0 Å². The van der Waals surface area contributed by atoms with Gasteiger partial charge in [0.2, 0.25) is 5.95 Å². The van der Waals surface area contributed by atoms with Crippen LogP contribution in [-0.2, 0) is 13.0 Å². The van der Waals surface area contributed by atoms with Gasteiger partial charge in [-0.05, 0) is 30.5 Å². The van der Waals surface area contributed by atoms with Gasteiger partial charge >= 0.3 is 0 Å². The Kier molecular flexibility index (Phi) is 3.31. The summed E-state index contributed by atoms with van der Waals surface area (Å²) in [5.41, 5.74) is 2.86. The molecule has 0 amide bonds. The largest absolute Gasteiger partial charge is 0.354 e. The smallest absolute Gasteiger partial charge is 0.224 e. The van der Waals surface area contributed by atoms with E-state index in [1.54, 1.807) is 0 Å². The fraction of sp³-hybridized carbons (Fsp3) is 0.333. The molecule has 4 heteroatoms. The Bertz CT molecular complexity index is 568. The van der Waals surface area contributed by atoms with E-state index < -0.39 is 0 Å². The highest BCUT2D eigenvalue weighted by molar-refractivity contribution is 5.46. The maximum Gasteiger partial charge on any atom is 0.224 e. The average molecular weight is 254 g/mol. The Morgan fingerprint density at radius 3 is 2.89 bits per heavy atom. The van der Waals surface area contributed by atoms with Crippen molar-refractivity contribution >= 4 is 11.8 Å². The van der Waals surface area contributed by atoms with E-state index in [4.69, 9.17) is 0 Å². The zero-order valence-electron chi connectivity index (χ0n) is 11.1. The molecule has 3 rings (SSSR count). The second-order valence-electron chi connectivity index (χ2n) is 4.71. The predicted molar refractivity (Wildman–Crippen MR) is 77.4 cm³/mol. The molecular formula is C15H18N4. The Balaban J connectivity index is 1.82. The summed E-state index contributed by atoms with van der Waals surface area (Å²) in [6.07, 6.45) is 2.90. The average Bonchev–Trinajstić information content (AvgIpc) is 2.47. The van der Waals surface area contributed by atoms with Crippen molar-refractivity contribution in [1.29, 1.82) is 0 Å². The van der Waals surface area contributed by atoms with Crippen molar-refractivity contribution in [3.8, 4) is 0 Å². The molecule has 0 saturated carbocycles. The van der Waals surface area contributed by atoms with Gasteiger partial charge in [-0.1, -0.05) is 24.3 Å². The molecule has 4 nitrogen and oxygen atoms in total. The summed E-state index contributed by atoms with van der Waals surface area (Å²) in [5.74, 6) is 1.71. The van der Waals surface area contributed by atoms with E-state index in [-0.39, 0.29) is 0 Å². The highest BCUT2D eigenvalue weighted by atomic mass is 15.2. The van der Waals surface area contributed by atoms with Crippen LogP contribution < -0.4 is 10.2 Å². The Morgan fingerprint density at radius 2 is 2.05 bits per heavy atom. The number of anilines is 2. The van der Waals surface area contributed by atoms with Crippen LogP contribution in [0.4, 0.5) is 11.8 Å². The number of nitrogens with one attached hydrogen (secondary N) is 1. The maximum atomic E-state index is 4.56. The van der Waals surface area contributed by atoms with Gasteiger partial charge in [0.05, 0.1) is 0 Å². The zero-order chi connectivity index (χ0) is 13.1. The molecule has 0 aliphatic carbocycles. The molecule has 19 heavy (non-hydrogen) atoms. The van der Waals surface area contributed by atoms with Crippen LogP contribution in [0.15, 0.2) is 36.5 Å². The van der Waals surface area contributed by atoms with Crippen molar-refractivity contribution in [2.45, 2.75) is 19.9 Å². The van der Waals surface area contributed by atoms with Crippen LogP contribution >= 0.6 is 0 Å². The molecule has 1 aliphatic heterocycles. The summed E-state index contributed by atoms with van der Waals surface area (Å²) in [6, 6.07) is 10.6. The molecule has 1 aromatic carbocycles. The summed E-state index contributed by atoms with van der Waals surface area (Å²) in [6.45, 7) is 4.83. The first-order valence-corrected chi connectivity index (χ1v) is 6.75. The number of rotatable bonds is 3. The van der Waals surface area contributed by atoms with E-state index in [1.807, 2.05) is 19.2 Å². The first kappa shape index (κ1) is 12.0. The molecule has 0 spiro atoms. The van der Waals surface area contributed by atoms with Crippen molar-refractivity contribution in [2.75, 3.05) is 23.3 Å². The number of benzene rings is 1. The predicted octanol–water partition coefficient (Wildman–Crippen LogP) is 2.47. The Labute approximate surface area is 113 Å². The van der Waals surface area contributed by atoms with Gasteiger partial charge in [-0.3, -0.25) is 0 Å². The van der Waals surface area contributed by atoms with Crippen molar-refractivity contribution in [3.63, 3.8) is 0 Å². The summed E-state index contributed by atoms with van der Waals surface area (Å²) in [7, 11) is 0. The molecule has 0 atom stereocenters. The van der Waals surface area contributed by atoms with Gasteiger partial charge < -0.3 is 10.2 Å². The van der Waals surface area contributed by atoms with E-state index in [9.17, 15) is 0 Å². The minimum Gasteiger partial charge on any atom is -0.354 e. The molecule has 0 radical (unpaired) electrons. The van der Waals surface area contributed by atoms with Gasteiger partial charge in [0, 0.05) is 25.8 Å². The van der Waals surface area contributed by atoms with Gasteiger partial charge in [-0.2, -0.15) is 4.98 Å². The van der Waals surface area contributed by atoms with E-state index in [0.29, 0.717) is 5.95 Å². The van der Waals surface area contributed by atoms with E-state index in [0.717, 1.165) is 31.9 Å². The Morgan fingerprint density at radius 1 is 1.21 bits per heavy atom. The van der Waals surface area contributed by atoms with E-state index in [1.165, 1.54) is 11.1 Å². The molecule has 1 N–H and O–H groups in total. The van der Waals surface area contributed by atoms with Crippen molar-refractivity contribution in [3.05, 3.63) is 47.7 Å². The lowest BCUT2D eigenvalue weighted by Crippen LogP contribution is -2.31. The Hall–Kier alpha value is -2.10. The lowest BCUT2D eigenvalue weighted by molar-refractivity contribution is 0.719. The number of hydrogen-bond acceptors (Lipinski definition) is 4. The SMILES string of the molecule is CCNc1nccc(N2CCc3ccccc3C2)n1. The first-order chi connectivity index (χ1) is 9.36. The molecular weight excluding hydrogens is 236 g/mol. The number of fused-ring (bicyclic) bond motifs is 1. The highest BCUT2D eigenvalue weighted by Gasteiger charge is 2.17. The fourth-order valence-electron chi connectivity index (χ4n) is 2.46. The summed E-state index contributed by atoms with van der Waals surface area (Å²) in [5, 5.41) is 3.16. The van der Waals surface area contributed by atoms with Gasteiger partial charge in [0.15, 0.2) is 0 Å². The second kappa shape index (κ2) is 5.26. The van der Waals surface area contributed by atoms with Crippen LogP contribution in [0.3, 0.4) is 0 Å². The monoisotopic (exact) mass is 254 g/mol. The number of nitrogens with zero attached hydrogens (tertiary/aromatic N) is 3. The van der Waals surface area contributed by atoms with Gasteiger partial charge in [0.25, 0.3) is 0 Å². The highest BCUT2D eigenvalue weighted by Crippen LogP contribution is 2.23. The molecule has 1 aromatic heterocycles. The first-order valence-electron chi connectivity index (χ1n) is 6.75. The lowest BCUT2D eigenvalue weighted by Gasteiger charge is -2.29. The van der Waals surface area contributed by atoms with Crippen LogP contribution in [0.25, 0.3) is 0 Å². The molecule has 1 aliphatic rings. The third kappa shape index (κ3) is 2.52. The van der Waals surface area contributed by atoms with Gasteiger partial charge in [-0.15, -0.1) is 0 Å². The third-order valence-electron chi connectivity index (χ3n) is 3.43. The summed E-state index contributed by atoms with van der Waals surface area (Å²) >= 11 is 0. The zero-order valence-corrected chi connectivity index (χ0v) is 11.1. The molecule has 2 heterocycles. The van der Waals surface area contributed by atoms with Gasteiger partial charge in [-0.25, -0.2) is 4.98 Å². The molecule has 98 valence electrons. The molecule has 0 fully saturated rings. The third-order valence-corrected chi connectivity index (χ3v) is 3.43. The van der Waals surface area contributed by atoms with E-state index in [2.05, 4.69) is 44.5 Å². The lowest BCUT2D eigenvalue weighted by atomic mass is 10.00. The topological polar surface area (TPSA) is 41.1 Å². The van der Waals surface area contributed by atoms with Crippen molar-refractivity contribution < 1.29 is 0 Å². The van der Waals surface area contributed by atoms with Crippen LogP contribution in [0.5, 0.6) is 0 Å². The van der Waals surface area contributed by atoms with Gasteiger partial charge in [0.1, 0.15) is 5.82 Å². The minimum absolute atomic E-state index is 0.707. The molecule has 0 bridgehead atoms. The van der Waals surface area contributed by atoms with Crippen molar-refractivity contribution in [1.82, 2.24) is 9.97 Å². The molecule has 0 unspecified atom stereocenters. The second-order valence-corrected chi connectivity index (χ2v) is 4.71. The van der Waals surface area contributed by atoms with Crippen molar-refractivity contribution in [2.24, 2.45) is 0 Å². The molecule has 0 saturated heterocycles. The van der Waals surface area contributed by atoms with Crippen LogP contribution in [0, 0.1) is 0 Å². The standard InChI is InChI=1S/C15H18N4/c1-2-16-15-17-9-7-14(18-15)19-10-8-12-5-3-4-6-13(12)11-19/h3-7,9H,2,8,10-11H2,1H3,(H,16,17,18). The van der Waals surface area contributed by atoms with Crippen LogP contribution in [-0.4, -0.2) is 23.1 Å². The minimum atomic E-state index is 0.707. The summed E-state index contributed by atoms with van der Waals surface area (Å²) in [4.78, 5) is 11.1. The summed E-state index contributed by atoms with van der Waals surface area (Å²) < 4.78 is 0. The number of hydrogen-bond donors (Lipinski definition) is 1. The normalized spacial score (nSPS) is 14.1. The van der Waals surface area contributed by atoms with Crippen LogP contribution in [0.1, 0.15) is 18.1 Å². The van der Waals surface area contributed by atoms with Crippen LogP contribution in [0.2, 0.25) is 0 Å². The quantitative estimate of drug-likeness (QED) is 0.913. The molecule has 2 aromatic rings.